The largest absolute Gasteiger partial charge is 0.270 e. The van der Waals surface area contributed by atoms with Crippen molar-refractivity contribution in [2.45, 2.75) is 0 Å². The van der Waals surface area contributed by atoms with Gasteiger partial charge in [0.05, 0.1) is 5.52 Å². The van der Waals surface area contributed by atoms with Crippen molar-refractivity contribution in [1.29, 1.82) is 0 Å². The van der Waals surface area contributed by atoms with Crippen LogP contribution in [0.25, 0.3) is 17.0 Å². The maximum absolute atomic E-state index is 12.1. The van der Waals surface area contributed by atoms with E-state index in [9.17, 15) is 8.78 Å². The highest BCUT2D eigenvalue weighted by Crippen LogP contribution is 2.18. The van der Waals surface area contributed by atoms with Gasteiger partial charge in [0.25, 0.3) is 6.08 Å². The van der Waals surface area contributed by atoms with Crippen molar-refractivity contribution in [2.24, 2.45) is 0 Å². The van der Waals surface area contributed by atoms with E-state index in [1.54, 1.807) is 18.2 Å². The predicted octanol–water partition coefficient (Wildman–Crippen LogP) is 3.27. The van der Waals surface area contributed by atoms with E-state index < -0.39 is 6.08 Å². The van der Waals surface area contributed by atoms with E-state index in [2.05, 4.69) is 11.1 Å². The van der Waals surface area contributed by atoms with E-state index in [0.29, 0.717) is 11.1 Å². The van der Waals surface area contributed by atoms with Gasteiger partial charge in [0, 0.05) is 29.3 Å². The number of hydrogen-bond donors (Lipinski definition) is 0. The first-order valence-electron chi connectivity index (χ1n) is 4.05. The minimum atomic E-state index is -1.72. The molecule has 0 saturated carbocycles. The first kappa shape index (κ1) is 8.81. The van der Waals surface area contributed by atoms with E-state index in [4.69, 9.17) is 0 Å². The van der Waals surface area contributed by atoms with Crippen molar-refractivity contribution in [3.8, 4) is 0 Å². The van der Waals surface area contributed by atoms with Gasteiger partial charge in [-0.3, -0.25) is 4.98 Å². The summed E-state index contributed by atoms with van der Waals surface area (Å²) in [6, 6.07) is 9.65. The van der Waals surface area contributed by atoms with Crippen molar-refractivity contribution in [3.63, 3.8) is 0 Å². The summed E-state index contributed by atoms with van der Waals surface area (Å²) >= 11 is 0. The van der Waals surface area contributed by atoms with Gasteiger partial charge in [0.15, 0.2) is 0 Å². The summed E-state index contributed by atoms with van der Waals surface area (Å²) in [5.41, 5.74) is 0.996. The smallest absolute Gasteiger partial charge is 0.255 e. The Balaban J connectivity index is 2.71. The van der Waals surface area contributed by atoms with Gasteiger partial charge >= 0.3 is 0 Å². The molecular weight excluding hydrogens is 184 g/mol. The summed E-state index contributed by atoms with van der Waals surface area (Å²) in [7, 11) is 0. The number of para-hydroxylation sites is 1. The van der Waals surface area contributed by atoms with Crippen LogP contribution in [0.1, 0.15) is 5.56 Å². The van der Waals surface area contributed by atoms with Crippen LogP contribution in [-0.2, 0) is 0 Å². The Morgan fingerprint density at radius 3 is 3.00 bits per heavy atom. The summed E-state index contributed by atoms with van der Waals surface area (Å²) in [5.74, 6) is 0. The fraction of sp³-hybridized carbons (Fsp3) is 0. The van der Waals surface area contributed by atoms with E-state index >= 15 is 0 Å². The number of hydrogen-bond acceptors (Lipinski definition) is 1. The Labute approximate surface area is 79.7 Å². The summed E-state index contributed by atoms with van der Waals surface area (Å²) in [4.78, 5) is 4.00. The van der Waals surface area contributed by atoms with Gasteiger partial charge in [-0.25, -0.2) is 0 Å². The van der Waals surface area contributed by atoms with Crippen LogP contribution in [0.4, 0.5) is 8.78 Å². The molecule has 2 aromatic rings. The average Bonchev–Trinajstić information content (AvgIpc) is 2.18. The second-order valence-corrected chi connectivity index (χ2v) is 2.79. The normalized spacial score (nSPS) is 10.1. The molecule has 0 aliphatic heterocycles. The van der Waals surface area contributed by atoms with Gasteiger partial charge in [-0.05, 0) is 6.07 Å². The third kappa shape index (κ3) is 1.62. The lowest BCUT2D eigenvalue weighted by Gasteiger charge is -1.99. The van der Waals surface area contributed by atoms with Gasteiger partial charge in [-0.15, -0.1) is 0 Å². The predicted molar refractivity (Wildman–Crippen MR) is 50.8 cm³/mol. The quantitative estimate of drug-likeness (QED) is 0.672. The molecule has 0 spiro atoms. The monoisotopic (exact) mass is 190 g/mol. The SMILES string of the molecule is FC(F)=Cc1cccc2c[c]cnc12. The highest BCUT2D eigenvalue weighted by molar-refractivity contribution is 5.86. The molecule has 1 radical (unpaired) electrons. The van der Waals surface area contributed by atoms with Gasteiger partial charge < -0.3 is 0 Å². The molecule has 0 aliphatic carbocycles. The molecule has 0 N–H and O–H groups in total. The molecule has 0 unspecified atom stereocenters. The van der Waals surface area contributed by atoms with Crippen LogP contribution in [0.5, 0.6) is 0 Å². The Morgan fingerprint density at radius 1 is 1.36 bits per heavy atom. The second-order valence-electron chi connectivity index (χ2n) is 2.79. The molecule has 3 heteroatoms. The van der Waals surface area contributed by atoms with Crippen LogP contribution in [0.15, 0.2) is 36.5 Å². The molecule has 0 bridgehead atoms. The molecule has 69 valence electrons. The molecule has 0 fully saturated rings. The maximum Gasteiger partial charge on any atom is 0.270 e. The molecule has 0 atom stereocenters. The zero-order chi connectivity index (χ0) is 9.97. The van der Waals surface area contributed by atoms with Crippen LogP contribution >= 0.6 is 0 Å². The number of halogens is 2. The molecule has 0 amide bonds. The fourth-order valence-electron chi connectivity index (χ4n) is 1.31. The Morgan fingerprint density at radius 2 is 2.21 bits per heavy atom. The van der Waals surface area contributed by atoms with E-state index in [1.165, 1.54) is 6.20 Å². The molecule has 14 heavy (non-hydrogen) atoms. The molecular formula is C11H6F2N. The van der Waals surface area contributed by atoms with Crippen molar-refractivity contribution in [2.75, 3.05) is 0 Å². The number of benzene rings is 1. The molecule has 0 saturated heterocycles. The third-order valence-electron chi connectivity index (χ3n) is 1.87. The first-order valence-corrected chi connectivity index (χ1v) is 4.05. The van der Waals surface area contributed by atoms with Gasteiger partial charge in [-0.1, -0.05) is 18.2 Å². The van der Waals surface area contributed by atoms with E-state index in [0.717, 1.165) is 11.5 Å². The van der Waals surface area contributed by atoms with Crippen molar-refractivity contribution in [3.05, 3.63) is 48.2 Å². The van der Waals surface area contributed by atoms with Crippen molar-refractivity contribution >= 4 is 17.0 Å². The number of fused-ring (bicyclic) bond motifs is 1. The molecule has 2 rings (SSSR count). The van der Waals surface area contributed by atoms with Gasteiger partial charge in [0.2, 0.25) is 0 Å². The second kappa shape index (κ2) is 3.54. The molecule has 1 heterocycles. The van der Waals surface area contributed by atoms with Gasteiger partial charge in [0.1, 0.15) is 0 Å². The topological polar surface area (TPSA) is 12.9 Å². The maximum atomic E-state index is 12.1. The Bertz CT molecular complexity index is 482. The van der Waals surface area contributed by atoms with Crippen molar-refractivity contribution in [1.82, 2.24) is 4.98 Å². The molecule has 0 aliphatic rings. The molecule has 1 aromatic heterocycles. The summed E-state index contributed by atoms with van der Waals surface area (Å²) in [6.45, 7) is 0. The van der Waals surface area contributed by atoms with Gasteiger partial charge in [-0.2, -0.15) is 8.78 Å². The number of rotatable bonds is 1. The van der Waals surface area contributed by atoms with Crippen molar-refractivity contribution < 1.29 is 8.78 Å². The van der Waals surface area contributed by atoms with Crippen LogP contribution in [0, 0.1) is 6.07 Å². The minimum absolute atomic E-state index is 0.427. The lowest BCUT2D eigenvalue weighted by molar-refractivity contribution is 0.429. The minimum Gasteiger partial charge on any atom is -0.255 e. The standard InChI is InChI=1S/C11H6F2N/c12-10(13)7-9-4-1-3-8-5-2-6-14-11(8)9/h1,3-7H. The van der Waals surface area contributed by atoms with E-state index in [-0.39, 0.29) is 0 Å². The van der Waals surface area contributed by atoms with Crippen LogP contribution < -0.4 is 0 Å². The average molecular weight is 190 g/mol. The number of aromatic nitrogens is 1. The summed E-state index contributed by atoms with van der Waals surface area (Å²) in [6.07, 6.45) is 0.567. The lowest BCUT2D eigenvalue weighted by Crippen LogP contribution is -1.82. The fourth-order valence-corrected chi connectivity index (χ4v) is 1.31. The highest BCUT2D eigenvalue weighted by atomic mass is 19.3. The Kier molecular flexibility index (Phi) is 2.23. The lowest BCUT2D eigenvalue weighted by atomic mass is 10.1. The summed E-state index contributed by atoms with van der Waals surface area (Å²) < 4.78 is 24.1. The number of nitrogens with zero attached hydrogens (tertiary/aromatic N) is 1. The molecule has 1 nitrogen and oxygen atoms in total. The highest BCUT2D eigenvalue weighted by Gasteiger charge is 2.00. The van der Waals surface area contributed by atoms with Crippen LogP contribution in [0.2, 0.25) is 0 Å². The summed E-state index contributed by atoms with van der Waals surface area (Å²) in [5, 5.41) is 0.808. The zero-order valence-corrected chi connectivity index (χ0v) is 7.17. The van der Waals surface area contributed by atoms with E-state index in [1.807, 2.05) is 6.07 Å². The Hall–Kier alpha value is -1.77. The van der Waals surface area contributed by atoms with Crippen LogP contribution in [0.3, 0.4) is 0 Å². The first-order chi connectivity index (χ1) is 6.77. The number of pyridine rings is 1. The zero-order valence-electron chi connectivity index (χ0n) is 7.17. The molecule has 1 aromatic carbocycles. The van der Waals surface area contributed by atoms with Crippen LogP contribution in [-0.4, -0.2) is 4.98 Å². The third-order valence-corrected chi connectivity index (χ3v) is 1.87.